The molecule has 0 fully saturated rings. The maximum Gasteiger partial charge on any atom is 0.305 e. The molecule has 0 saturated heterocycles. The Hall–Kier alpha value is -2.24. The Bertz CT molecular complexity index is 662. The van der Waals surface area contributed by atoms with Crippen LogP contribution in [0.3, 0.4) is 0 Å². The fourth-order valence-electron chi connectivity index (χ4n) is 4.33. The second-order valence-corrected chi connectivity index (χ2v) is 11.1. The van der Waals surface area contributed by atoms with Gasteiger partial charge in [0.05, 0.1) is 0 Å². The molecule has 0 spiro atoms. The lowest BCUT2D eigenvalue weighted by Gasteiger charge is -2.33. The van der Waals surface area contributed by atoms with E-state index in [2.05, 4.69) is 12.2 Å². The molecular weight excluding hydrogens is 540 g/mol. The lowest BCUT2D eigenvalue weighted by molar-refractivity contribution is -0.159. The Labute approximate surface area is 253 Å². The van der Waals surface area contributed by atoms with Crippen molar-refractivity contribution in [1.82, 2.24) is 5.32 Å². The Morgan fingerprint density at radius 1 is 0.500 bits per heavy atom. The zero-order valence-electron chi connectivity index (χ0n) is 26.3. The van der Waals surface area contributed by atoms with Gasteiger partial charge in [-0.25, -0.2) is 0 Å². The van der Waals surface area contributed by atoms with Gasteiger partial charge in [0.25, 0.3) is 0 Å². The van der Waals surface area contributed by atoms with Crippen molar-refractivity contribution in [2.75, 3.05) is 39.5 Å². The Morgan fingerprint density at radius 3 is 1.17 bits per heavy atom. The molecule has 1 amide bonds. The molecule has 0 atom stereocenters. The van der Waals surface area contributed by atoms with Gasteiger partial charge in [-0.1, -0.05) is 77.6 Å². The van der Waals surface area contributed by atoms with Gasteiger partial charge in [-0.05, 0) is 45.3 Å². The Kier molecular flexibility index (Phi) is 26.1. The molecule has 0 unspecified atom stereocenters. The van der Waals surface area contributed by atoms with Crippen LogP contribution in [0.4, 0.5) is 0 Å². The number of hydrogen-bond acceptors (Lipinski definition) is 10. The van der Waals surface area contributed by atoms with Gasteiger partial charge in [-0.15, -0.1) is 0 Å². The van der Waals surface area contributed by atoms with Gasteiger partial charge in [0, 0.05) is 25.7 Å². The van der Waals surface area contributed by atoms with Crippen LogP contribution in [-0.2, 0) is 33.4 Å². The Balaban J connectivity index is 5.03. The molecule has 0 aromatic rings. The maximum atomic E-state index is 13.0. The average Bonchev–Trinajstić information content (AvgIpc) is 2.99. The number of rotatable bonds is 29. The van der Waals surface area contributed by atoms with E-state index < -0.39 is 23.4 Å². The van der Waals surface area contributed by atoms with Crippen molar-refractivity contribution in [2.45, 2.75) is 134 Å². The summed E-state index contributed by atoms with van der Waals surface area (Å²) in [6.45, 7) is 2.24. The monoisotopic (exact) mass is 600 g/mol. The van der Waals surface area contributed by atoms with Crippen LogP contribution in [0.1, 0.15) is 129 Å². The van der Waals surface area contributed by atoms with Crippen LogP contribution >= 0.6 is 0 Å². The normalized spacial score (nSPS) is 11.2. The summed E-state index contributed by atoms with van der Waals surface area (Å²) in [6.07, 6.45) is 16.1. The number of unbranched alkanes of at least 4 members (excludes halogenated alkanes) is 11. The topological polar surface area (TPSA) is 186 Å². The van der Waals surface area contributed by atoms with Crippen molar-refractivity contribution in [2.24, 2.45) is 17.2 Å². The van der Waals surface area contributed by atoms with E-state index in [1.54, 1.807) is 0 Å². The lowest BCUT2D eigenvalue weighted by atomic mass is 10.0. The SMILES string of the molecule is CCCCCCCCCCCCCCC(=O)NC(COC(=O)CCCN)(COC(=O)CCCN)COC(=O)CCCN. The third-order valence-electron chi connectivity index (χ3n) is 6.95. The number of hydrogen-bond donors (Lipinski definition) is 4. The van der Waals surface area contributed by atoms with Crippen molar-refractivity contribution in [3.8, 4) is 0 Å². The predicted octanol–water partition coefficient (Wildman–Crippen LogP) is 3.78. The largest absolute Gasteiger partial charge is 0.463 e. The van der Waals surface area contributed by atoms with E-state index in [0.717, 1.165) is 19.3 Å². The molecule has 11 nitrogen and oxygen atoms in total. The summed E-state index contributed by atoms with van der Waals surface area (Å²) in [5, 5.41) is 2.86. The van der Waals surface area contributed by atoms with E-state index in [-0.39, 0.29) is 51.4 Å². The van der Waals surface area contributed by atoms with E-state index in [9.17, 15) is 19.2 Å². The summed E-state index contributed by atoms with van der Waals surface area (Å²) < 4.78 is 16.3. The van der Waals surface area contributed by atoms with E-state index in [1.807, 2.05) is 0 Å². The van der Waals surface area contributed by atoms with E-state index >= 15 is 0 Å². The van der Waals surface area contributed by atoms with E-state index in [1.165, 1.54) is 51.4 Å². The highest BCUT2D eigenvalue weighted by atomic mass is 16.6. The van der Waals surface area contributed by atoms with Crippen LogP contribution in [-0.4, -0.2) is 68.8 Å². The van der Waals surface area contributed by atoms with Crippen LogP contribution in [0.15, 0.2) is 0 Å². The van der Waals surface area contributed by atoms with Crippen LogP contribution < -0.4 is 22.5 Å². The van der Waals surface area contributed by atoms with Gasteiger partial charge in [-0.2, -0.15) is 0 Å². The minimum absolute atomic E-state index is 0.103. The molecular formula is C31H60N4O7. The van der Waals surface area contributed by atoms with Crippen LogP contribution in [0.2, 0.25) is 0 Å². The van der Waals surface area contributed by atoms with Crippen molar-refractivity contribution in [1.29, 1.82) is 0 Å². The molecule has 42 heavy (non-hydrogen) atoms. The molecule has 0 aliphatic heterocycles. The molecule has 0 bridgehead atoms. The number of nitrogens with one attached hydrogen (secondary N) is 1. The molecule has 246 valence electrons. The van der Waals surface area contributed by atoms with Crippen molar-refractivity contribution in [3.63, 3.8) is 0 Å². The number of carbonyl (C=O) groups is 4. The molecule has 0 heterocycles. The molecule has 0 aromatic carbocycles. The van der Waals surface area contributed by atoms with Crippen molar-refractivity contribution in [3.05, 3.63) is 0 Å². The van der Waals surface area contributed by atoms with Crippen LogP contribution in [0.25, 0.3) is 0 Å². The van der Waals surface area contributed by atoms with E-state index in [0.29, 0.717) is 45.3 Å². The molecule has 0 rings (SSSR count). The summed E-state index contributed by atoms with van der Waals surface area (Å²) in [4.78, 5) is 49.8. The highest BCUT2D eigenvalue weighted by molar-refractivity contribution is 5.77. The molecule has 0 aromatic heterocycles. The number of carbonyl (C=O) groups excluding carboxylic acids is 4. The molecule has 11 heteroatoms. The molecule has 7 N–H and O–H groups in total. The standard InChI is InChI=1S/C31H60N4O7/c1-2-3-4-5-6-7-8-9-10-11-12-13-17-27(36)35-31(24-40-28(37)18-14-21-32,25-41-29(38)19-15-22-33)26-42-30(39)20-16-23-34/h2-26,32-34H2,1H3,(H,35,36). The number of ether oxygens (including phenoxy) is 3. The van der Waals surface area contributed by atoms with Crippen molar-refractivity contribution < 1.29 is 33.4 Å². The first-order valence-electron chi connectivity index (χ1n) is 16.2. The molecule has 0 aliphatic rings. The van der Waals surface area contributed by atoms with Gasteiger partial charge in [0.1, 0.15) is 25.4 Å². The average molecular weight is 601 g/mol. The molecule has 0 saturated carbocycles. The first-order valence-corrected chi connectivity index (χ1v) is 16.2. The van der Waals surface area contributed by atoms with E-state index in [4.69, 9.17) is 31.4 Å². The third kappa shape index (κ3) is 23.3. The number of nitrogens with two attached hydrogens (primary N) is 3. The Morgan fingerprint density at radius 2 is 0.833 bits per heavy atom. The lowest BCUT2D eigenvalue weighted by Crippen LogP contribution is -2.59. The van der Waals surface area contributed by atoms with Crippen LogP contribution in [0.5, 0.6) is 0 Å². The molecule has 0 aliphatic carbocycles. The summed E-state index contributed by atoms with van der Waals surface area (Å²) >= 11 is 0. The second kappa shape index (κ2) is 27.6. The van der Waals surface area contributed by atoms with Gasteiger partial charge in [0.15, 0.2) is 0 Å². The summed E-state index contributed by atoms with van der Waals surface area (Å²) in [5.41, 5.74) is 15.0. The predicted molar refractivity (Wildman–Crippen MR) is 164 cm³/mol. The first-order chi connectivity index (χ1) is 20.3. The smallest absolute Gasteiger partial charge is 0.305 e. The second-order valence-electron chi connectivity index (χ2n) is 11.1. The highest BCUT2D eigenvalue weighted by Gasteiger charge is 2.37. The van der Waals surface area contributed by atoms with Gasteiger partial charge < -0.3 is 36.7 Å². The van der Waals surface area contributed by atoms with Gasteiger partial charge in [0.2, 0.25) is 5.91 Å². The zero-order valence-corrected chi connectivity index (χ0v) is 26.3. The first kappa shape index (κ1) is 39.8. The third-order valence-corrected chi connectivity index (χ3v) is 6.95. The van der Waals surface area contributed by atoms with Gasteiger partial charge >= 0.3 is 17.9 Å². The minimum Gasteiger partial charge on any atom is -0.463 e. The quantitative estimate of drug-likeness (QED) is 0.0559. The zero-order chi connectivity index (χ0) is 31.3. The minimum atomic E-state index is -1.43. The number of amides is 1. The van der Waals surface area contributed by atoms with Crippen LogP contribution in [0, 0.1) is 0 Å². The fourth-order valence-corrected chi connectivity index (χ4v) is 4.33. The summed E-state index contributed by atoms with van der Waals surface area (Å²) in [7, 11) is 0. The molecule has 0 radical (unpaired) electrons. The fraction of sp³-hybridized carbons (Fsp3) is 0.871. The summed E-state index contributed by atoms with van der Waals surface area (Å²) in [6, 6.07) is 0. The van der Waals surface area contributed by atoms with Crippen molar-refractivity contribution >= 4 is 23.8 Å². The number of esters is 3. The maximum absolute atomic E-state index is 13.0. The van der Waals surface area contributed by atoms with Gasteiger partial charge in [-0.3, -0.25) is 19.2 Å². The highest BCUT2D eigenvalue weighted by Crippen LogP contribution is 2.15. The summed E-state index contributed by atoms with van der Waals surface area (Å²) in [5.74, 6) is -1.83.